The van der Waals surface area contributed by atoms with Crippen LogP contribution in [0.3, 0.4) is 0 Å². The number of anilines is 2. The van der Waals surface area contributed by atoms with E-state index in [-0.39, 0.29) is 0 Å². The largest absolute Gasteiger partial charge is 0.444 e. The summed E-state index contributed by atoms with van der Waals surface area (Å²) < 4.78 is 5.28. The number of nitrogens with one attached hydrogen (secondary N) is 1. The van der Waals surface area contributed by atoms with Crippen LogP contribution in [0.15, 0.2) is 10.5 Å². The summed E-state index contributed by atoms with van der Waals surface area (Å²) >= 11 is 0. The summed E-state index contributed by atoms with van der Waals surface area (Å²) in [5.74, 6) is 1.42. The van der Waals surface area contributed by atoms with Gasteiger partial charge in [0.25, 0.3) is 0 Å². The lowest BCUT2D eigenvalue weighted by molar-refractivity contribution is 0.543. The van der Waals surface area contributed by atoms with Gasteiger partial charge in [0.1, 0.15) is 5.76 Å². The van der Waals surface area contributed by atoms with Gasteiger partial charge in [-0.15, -0.1) is 0 Å². The Morgan fingerprint density at radius 3 is 2.69 bits per heavy atom. The molecule has 13 heavy (non-hydrogen) atoms. The van der Waals surface area contributed by atoms with Crippen molar-refractivity contribution in [2.24, 2.45) is 0 Å². The van der Waals surface area contributed by atoms with E-state index in [4.69, 9.17) is 10.2 Å². The Morgan fingerprint density at radius 2 is 2.15 bits per heavy atom. The Labute approximate surface area is 77.7 Å². The third-order valence-electron chi connectivity index (χ3n) is 2.37. The second kappa shape index (κ2) is 3.30. The van der Waals surface area contributed by atoms with E-state index in [1.165, 1.54) is 0 Å². The Morgan fingerprint density at radius 1 is 1.46 bits per heavy atom. The summed E-state index contributed by atoms with van der Waals surface area (Å²) in [6, 6.07) is 1.90. The number of aryl methyl sites for hydroxylation is 1. The van der Waals surface area contributed by atoms with Crippen molar-refractivity contribution in [1.29, 1.82) is 0 Å². The van der Waals surface area contributed by atoms with E-state index in [9.17, 15) is 0 Å². The Hall–Kier alpha value is -1.16. The first kappa shape index (κ1) is 8.44. The Kier molecular flexibility index (Phi) is 2.14. The van der Waals surface area contributed by atoms with E-state index in [2.05, 4.69) is 10.2 Å². The van der Waals surface area contributed by atoms with Gasteiger partial charge in [-0.25, -0.2) is 0 Å². The summed E-state index contributed by atoms with van der Waals surface area (Å²) in [7, 11) is 0. The molecule has 0 spiro atoms. The predicted octanol–water partition coefficient (Wildman–Crippen LogP) is 0.580. The van der Waals surface area contributed by atoms with Gasteiger partial charge in [0.05, 0.1) is 5.69 Å². The summed E-state index contributed by atoms with van der Waals surface area (Å²) in [5, 5.41) is 3.31. The van der Waals surface area contributed by atoms with Gasteiger partial charge in [0, 0.05) is 32.2 Å². The van der Waals surface area contributed by atoms with Crippen molar-refractivity contribution < 1.29 is 4.42 Å². The molecule has 1 aromatic rings. The fourth-order valence-electron chi connectivity index (χ4n) is 1.71. The minimum atomic E-state index is 0.506. The molecule has 4 heteroatoms. The zero-order chi connectivity index (χ0) is 9.26. The standard InChI is InChI=1S/C9H15N3O/c1-7-8(6-9(10)13-7)12-4-2-11-3-5-12/h6,11H,2-5,10H2,1H3. The molecule has 1 fully saturated rings. The second-order valence-electron chi connectivity index (χ2n) is 3.33. The molecule has 0 amide bonds. The van der Waals surface area contributed by atoms with Crippen molar-refractivity contribution in [3.8, 4) is 0 Å². The van der Waals surface area contributed by atoms with E-state index >= 15 is 0 Å². The summed E-state index contributed by atoms with van der Waals surface area (Å²) in [4.78, 5) is 2.30. The van der Waals surface area contributed by atoms with E-state index in [0.717, 1.165) is 37.6 Å². The van der Waals surface area contributed by atoms with Gasteiger partial charge in [0.2, 0.25) is 0 Å². The maximum Gasteiger partial charge on any atom is 0.192 e. The number of hydrogen-bond donors (Lipinski definition) is 2. The van der Waals surface area contributed by atoms with Crippen molar-refractivity contribution in [1.82, 2.24) is 5.32 Å². The molecule has 3 N–H and O–H groups in total. The minimum Gasteiger partial charge on any atom is -0.444 e. The number of nitrogens with two attached hydrogens (primary N) is 1. The van der Waals surface area contributed by atoms with Gasteiger partial charge in [-0.2, -0.15) is 0 Å². The normalized spacial score (nSPS) is 17.8. The summed E-state index contributed by atoms with van der Waals surface area (Å²) in [6.45, 7) is 6.07. The average Bonchev–Trinajstić information content (AvgIpc) is 2.47. The SMILES string of the molecule is Cc1oc(N)cc1N1CCNCC1. The number of hydrogen-bond acceptors (Lipinski definition) is 4. The van der Waals surface area contributed by atoms with Crippen molar-refractivity contribution in [2.45, 2.75) is 6.92 Å². The lowest BCUT2D eigenvalue weighted by Gasteiger charge is -2.28. The monoisotopic (exact) mass is 181 g/mol. The van der Waals surface area contributed by atoms with Crippen molar-refractivity contribution in [3.63, 3.8) is 0 Å². The molecular weight excluding hydrogens is 166 g/mol. The molecule has 0 saturated carbocycles. The molecule has 0 aromatic carbocycles. The van der Waals surface area contributed by atoms with Gasteiger partial charge in [-0.1, -0.05) is 0 Å². The molecule has 4 nitrogen and oxygen atoms in total. The van der Waals surface area contributed by atoms with Crippen LogP contribution in [0.1, 0.15) is 5.76 Å². The molecule has 72 valence electrons. The van der Waals surface area contributed by atoms with Crippen LogP contribution < -0.4 is 16.0 Å². The third kappa shape index (κ3) is 1.62. The van der Waals surface area contributed by atoms with Crippen LogP contribution >= 0.6 is 0 Å². The highest BCUT2D eigenvalue weighted by Crippen LogP contribution is 2.25. The molecule has 1 aromatic heterocycles. The number of rotatable bonds is 1. The van der Waals surface area contributed by atoms with Gasteiger partial charge in [0.15, 0.2) is 5.88 Å². The van der Waals surface area contributed by atoms with Crippen LogP contribution in [-0.2, 0) is 0 Å². The Balaban J connectivity index is 2.18. The van der Waals surface area contributed by atoms with Gasteiger partial charge < -0.3 is 20.4 Å². The zero-order valence-electron chi connectivity index (χ0n) is 7.84. The van der Waals surface area contributed by atoms with Crippen LogP contribution in [0, 0.1) is 6.92 Å². The van der Waals surface area contributed by atoms with Crippen molar-refractivity contribution >= 4 is 11.6 Å². The van der Waals surface area contributed by atoms with Crippen molar-refractivity contribution in [2.75, 3.05) is 36.8 Å². The van der Waals surface area contributed by atoms with Crippen molar-refractivity contribution in [3.05, 3.63) is 11.8 Å². The predicted molar refractivity (Wildman–Crippen MR) is 52.9 cm³/mol. The van der Waals surface area contributed by atoms with Gasteiger partial charge >= 0.3 is 0 Å². The molecule has 0 bridgehead atoms. The van der Waals surface area contributed by atoms with Gasteiger partial charge in [-0.05, 0) is 6.92 Å². The first-order valence-electron chi connectivity index (χ1n) is 4.59. The van der Waals surface area contributed by atoms with Crippen LogP contribution in [0.2, 0.25) is 0 Å². The van der Waals surface area contributed by atoms with E-state index in [0.29, 0.717) is 5.88 Å². The molecule has 1 aliphatic rings. The van der Waals surface area contributed by atoms with Crippen LogP contribution in [0.4, 0.5) is 11.6 Å². The average molecular weight is 181 g/mol. The molecule has 1 aliphatic heterocycles. The maximum absolute atomic E-state index is 5.58. The second-order valence-corrected chi connectivity index (χ2v) is 3.33. The topological polar surface area (TPSA) is 54.4 Å². The maximum atomic E-state index is 5.58. The molecule has 2 rings (SSSR count). The van der Waals surface area contributed by atoms with E-state index < -0.39 is 0 Å². The molecule has 0 atom stereocenters. The quantitative estimate of drug-likeness (QED) is 0.665. The number of nitrogens with zero attached hydrogens (tertiary/aromatic N) is 1. The molecule has 2 heterocycles. The van der Waals surface area contributed by atoms with Crippen LogP contribution in [0.5, 0.6) is 0 Å². The van der Waals surface area contributed by atoms with E-state index in [1.807, 2.05) is 13.0 Å². The molecule has 0 aliphatic carbocycles. The summed E-state index contributed by atoms with van der Waals surface area (Å²) in [5.41, 5.74) is 6.72. The highest BCUT2D eigenvalue weighted by Gasteiger charge is 2.15. The van der Waals surface area contributed by atoms with Crippen LogP contribution in [-0.4, -0.2) is 26.2 Å². The number of nitrogen functional groups attached to an aromatic ring is 1. The third-order valence-corrected chi connectivity index (χ3v) is 2.37. The molecule has 1 saturated heterocycles. The van der Waals surface area contributed by atoms with Gasteiger partial charge in [-0.3, -0.25) is 0 Å². The fraction of sp³-hybridized carbons (Fsp3) is 0.556. The first-order chi connectivity index (χ1) is 6.27. The fourth-order valence-corrected chi connectivity index (χ4v) is 1.71. The summed E-state index contributed by atoms with van der Waals surface area (Å²) in [6.07, 6.45) is 0. The molecule has 0 unspecified atom stereocenters. The minimum absolute atomic E-state index is 0.506. The molecule has 0 radical (unpaired) electrons. The van der Waals surface area contributed by atoms with E-state index in [1.54, 1.807) is 0 Å². The Bertz CT molecular complexity index is 289. The highest BCUT2D eigenvalue weighted by molar-refractivity contribution is 5.56. The first-order valence-corrected chi connectivity index (χ1v) is 4.59. The van der Waals surface area contributed by atoms with Crippen LogP contribution in [0.25, 0.3) is 0 Å². The number of furan rings is 1. The highest BCUT2D eigenvalue weighted by atomic mass is 16.4. The smallest absolute Gasteiger partial charge is 0.192 e. The lowest BCUT2D eigenvalue weighted by atomic mass is 10.3. The number of piperazine rings is 1. The molecular formula is C9H15N3O. The zero-order valence-corrected chi connectivity index (χ0v) is 7.84. The lowest BCUT2D eigenvalue weighted by Crippen LogP contribution is -2.43.